The highest BCUT2D eigenvalue weighted by atomic mass is 35.5. The molecule has 0 fully saturated rings. The van der Waals surface area contributed by atoms with Crippen LogP contribution in [0.3, 0.4) is 0 Å². The summed E-state index contributed by atoms with van der Waals surface area (Å²) >= 11 is 5.96. The largest absolute Gasteiger partial charge is 0.383 e. The van der Waals surface area contributed by atoms with Gasteiger partial charge < -0.3 is 11.5 Å². The van der Waals surface area contributed by atoms with Gasteiger partial charge in [-0.05, 0) is 30.5 Å². The highest BCUT2D eigenvalue weighted by Crippen LogP contribution is 2.28. The molecule has 1 aromatic carbocycles. The van der Waals surface area contributed by atoms with Gasteiger partial charge in [0.2, 0.25) is 5.95 Å². The minimum absolute atomic E-state index is 0.199. The summed E-state index contributed by atoms with van der Waals surface area (Å²) in [4.78, 5) is 8.18. The number of benzene rings is 1. The molecule has 0 bridgehead atoms. The van der Waals surface area contributed by atoms with Crippen LogP contribution in [0.4, 0.5) is 11.8 Å². The van der Waals surface area contributed by atoms with Gasteiger partial charge in [-0.3, -0.25) is 0 Å². The van der Waals surface area contributed by atoms with Gasteiger partial charge in [0.25, 0.3) is 0 Å². The molecule has 0 aliphatic rings. The molecule has 0 aliphatic carbocycles. The predicted octanol–water partition coefficient (Wildman–Crippen LogP) is 4.06. The maximum Gasteiger partial charge on any atom is 0.222 e. The number of hydrogen-bond acceptors (Lipinski definition) is 4. The van der Waals surface area contributed by atoms with Crippen molar-refractivity contribution in [2.75, 3.05) is 11.5 Å². The smallest absolute Gasteiger partial charge is 0.222 e. The van der Waals surface area contributed by atoms with Crippen molar-refractivity contribution >= 4 is 29.4 Å². The van der Waals surface area contributed by atoms with Crippen molar-refractivity contribution in [3.8, 4) is 0 Å². The molecule has 4 N–H and O–H groups in total. The lowest BCUT2D eigenvalue weighted by Gasteiger charge is -2.18. The highest BCUT2D eigenvalue weighted by Gasteiger charge is 2.13. The number of allylic oxidation sites excluding steroid dienone is 1. The number of rotatable bonds is 4. The zero-order valence-electron chi connectivity index (χ0n) is 13.0. The van der Waals surface area contributed by atoms with Crippen LogP contribution in [0.15, 0.2) is 30.3 Å². The Morgan fingerprint density at radius 2 is 1.73 bits per heavy atom. The summed E-state index contributed by atoms with van der Waals surface area (Å²) in [7, 11) is 0. The van der Waals surface area contributed by atoms with Gasteiger partial charge in [-0.25, -0.2) is 4.98 Å². The maximum absolute atomic E-state index is 5.96. The second-order valence-corrected chi connectivity index (χ2v) is 6.08. The fraction of sp³-hybridized carbons (Fsp3) is 0.294. The summed E-state index contributed by atoms with van der Waals surface area (Å²) < 4.78 is 0. The summed E-state index contributed by atoms with van der Waals surface area (Å²) in [5.74, 6) is 1.30. The summed E-state index contributed by atoms with van der Waals surface area (Å²) in [5.41, 5.74) is 14.3. The monoisotopic (exact) mass is 316 g/mol. The van der Waals surface area contributed by atoms with Crippen LogP contribution in [0.1, 0.15) is 36.6 Å². The van der Waals surface area contributed by atoms with Crippen LogP contribution >= 0.6 is 11.6 Å². The van der Waals surface area contributed by atoms with Crippen molar-refractivity contribution in [1.82, 2.24) is 9.97 Å². The van der Waals surface area contributed by atoms with E-state index in [1.807, 2.05) is 37.3 Å². The zero-order chi connectivity index (χ0) is 16.3. The van der Waals surface area contributed by atoms with Crippen molar-refractivity contribution in [1.29, 1.82) is 0 Å². The quantitative estimate of drug-likeness (QED) is 0.891. The molecule has 1 heterocycles. The van der Waals surface area contributed by atoms with Crippen molar-refractivity contribution in [3.63, 3.8) is 0 Å². The van der Waals surface area contributed by atoms with Gasteiger partial charge in [0.15, 0.2) is 0 Å². The lowest BCUT2D eigenvalue weighted by atomic mass is 9.87. The number of halogens is 1. The van der Waals surface area contributed by atoms with Crippen LogP contribution in [0.2, 0.25) is 5.02 Å². The number of nitrogens with zero attached hydrogens (tertiary/aromatic N) is 2. The Hall–Kier alpha value is -2.07. The molecule has 5 heteroatoms. The van der Waals surface area contributed by atoms with Crippen LogP contribution < -0.4 is 11.5 Å². The minimum atomic E-state index is 0.199. The van der Waals surface area contributed by atoms with Crippen LogP contribution in [-0.4, -0.2) is 9.97 Å². The molecule has 0 spiro atoms. The van der Waals surface area contributed by atoms with Crippen molar-refractivity contribution in [2.24, 2.45) is 5.92 Å². The molecule has 22 heavy (non-hydrogen) atoms. The molecule has 116 valence electrons. The van der Waals surface area contributed by atoms with E-state index in [1.54, 1.807) is 0 Å². The molecule has 2 rings (SSSR count). The van der Waals surface area contributed by atoms with E-state index in [4.69, 9.17) is 23.1 Å². The third-order valence-corrected chi connectivity index (χ3v) is 3.88. The van der Waals surface area contributed by atoms with Gasteiger partial charge in [0.1, 0.15) is 5.82 Å². The molecule has 1 aromatic heterocycles. The minimum Gasteiger partial charge on any atom is -0.383 e. The van der Waals surface area contributed by atoms with Gasteiger partial charge in [-0.2, -0.15) is 4.98 Å². The molecule has 0 saturated carbocycles. The zero-order valence-corrected chi connectivity index (χ0v) is 13.8. The van der Waals surface area contributed by atoms with Crippen molar-refractivity contribution in [3.05, 3.63) is 52.2 Å². The molecule has 0 aliphatic heterocycles. The van der Waals surface area contributed by atoms with E-state index >= 15 is 0 Å². The van der Waals surface area contributed by atoms with Crippen LogP contribution in [0.25, 0.3) is 6.08 Å². The predicted molar refractivity (Wildman–Crippen MR) is 93.7 cm³/mol. The van der Waals surface area contributed by atoms with E-state index in [0.717, 1.165) is 16.3 Å². The van der Waals surface area contributed by atoms with E-state index in [9.17, 15) is 0 Å². The van der Waals surface area contributed by atoms with E-state index in [1.165, 1.54) is 5.56 Å². The topological polar surface area (TPSA) is 77.8 Å². The highest BCUT2D eigenvalue weighted by molar-refractivity contribution is 6.30. The number of aromatic nitrogens is 2. The standard InChI is InChI=1S/C17H21ClN4/c1-10(2)14(12-4-6-13(18)7-5-12)8-9-15-11(3)21-17(20)22-16(15)19/h4-10,14H,1-3H3,(H4,19,20,21,22)/b9-8+. The van der Waals surface area contributed by atoms with Gasteiger partial charge >= 0.3 is 0 Å². The Bertz CT molecular complexity index is 655. The first-order valence-electron chi connectivity index (χ1n) is 7.21. The summed E-state index contributed by atoms with van der Waals surface area (Å²) in [6, 6.07) is 7.91. The lowest BCUT2D eigenvalue weighted by molar-refractivity contribution is 0.580. The normalized spacial score (nSPS) is 13.0. The van der Waals surface area contributed by atoms with E-state index in [2.05, 4.69) is 29.9 Å². The molecular weight excluding hydrogens is 296 g/mol. The third kappa shape index (κ3) is 3.77. The molecular formula is C17H21ClN4. The molecule has 1 atom stereocenters. The number of nitrogen functional groups attached to an aromatic ring is 2. The van der Waals surface area contributed by atoms with Gasteiger partial charge in [-0.1, -0.05) is 49.7 Å². The Kier molecular flexibility index (Phi) is 5.03. The average Bonchev–Trinajstić information content (AvgIpc) is 2.43. The number of hydrogen-bond donors (Lipinski definition) is 2. The fourth-order valence-electron chi connectivity index (χ4n) is 2.44. The number of nitrogens with two attached hydrogens (primary N) is 2. The Labute approximate surface area is 136 Å². The first kappa shape index (κ1) is 16.3. The van der Waals surface area contributed by atoms with E-state index in [-0.39, 0.29) is 11.9 Å². The molecule has 1 unspecified atom stereocenters. The fourth-order valence-corrected chi connectivity index (χ4v) is 2.56. The van der Waals surface area contributed by atoms with E-state index in [0.29, 0.717) is 11.7 Å². The second kappa shape index (κ2) is 6.79. The van der Waals surface area contributed by atoms with Crippen LogP contribution in [0.5, 0.6) is 0 Å². The second-order valence-electron chi connectivity index (χ2n) is 5.65. The van der Waals surface area contributed by atoms with Crippen LogP contribution in [-0.2, 0) is 0 Å². The average molecular weight is 317 g/mol. The van der Waals surface area contributed by atoms with Crippen molar-refractivity contribution in [2.45, 2.75) is 26.7 Å². The first-order valence-corrected chi connectivity index (χ1v) is 7.59. The SMILES string of the molecule is Cc1nc(N)nc(N)c1/C=C/C(c1ccc(Cl)cc1)C(C)C. The number of aryl methyl sites for hydroxylation is 1. The van der Waals surface area contributed by atoms with E-state index < -0.39 is 0 Å². The van der Waals surface area contributed by atoms with Gasteiger partial charge in [-0.15, -0.1) is 0 Å². The Morgan fingerprint density at radius 3 is 2.27 bits per heavy atom. The van der Waals surface area contributed by atoms with Crippen LogP contribution in [0, 0.1) is 12.8 Å². The maximum atomic E-state index is 5.96. The third-order valence-electron chi connectivity index (χ3n) is 3.63. The first-order chi connectivity index (χ1) is 10.4. The number of anilines is 2. The molecule has 4 nitrogen and oxygen atoms in total. The molecule has 0 saturated heterocycles. The summed E-state index contributed by atoms with van der Waals surface area (Å²) in [5, 5.41) is 0.738. The summed E-state index contributed by atoms with van der Waals surface area (Å²) in [6.07, 6.45) is 4.11. The van der Waals surface area contributed by atoms with Gasteiger partial charge in [0.05, 0.1) is 5.69 Å². The Morgan fingerprint density at radius 1 is 1.09 bits per heavy atom. The molecule has 2 aromatic rings. The lowest BCUT2D eigenvalue weighted by Crippen LogP contribution is -2.06. The molecule has 0 amide bonds. The summed E-state index contributed by atoms with van der Waals surface area (Å²) in [6.45, 7) is 6.24. The molecule has 0 radical (unpaired) electrons. The van der Waals surface area contributed by atoms with Gasteiger partial charge in [0, 0.05) is 16.5 Å². The Balaban J connectivity index is 2.34. The van der Waals surface area contributed by atoms with Crippen molar-refractivity contribution < 1.29 is 0 Å².